The van der Waals surface area contributed by atoms with Gasteiger partial charge >= 0.3 is 0 Å². The molecule has 20 heavy (non-hydrogen) atoms. The maximum absolute atomic E-state index is 11.2. The summed E-state index contributed by atoms with van der Waals surface area (Å²) in [5, 5.41) is 0. The van der Waals surface area contributed by atoms with Crippen molar-refractivity contribution in [3.8, 4) is 5.75 Å². The van der Waals surface area contributed by atoms with Gasteiger partial charge in [0.15, 0.2) is 5.78 Å². The lowest BCUT2D eigenvalue weighted by Crippen LogP contribution is -2.27. The minimum absolute atomic E-state index is 0.101. The van der Waals surface area contributed by atoms with E-state index in [4.69, 9.17) is 4.74 Å². The molecule has 0 spiro atoms. The Morgan fingerprint density at radius 2 is 1.75 bits per heavy atom. The molecule has 0 aliphatic rings. The molecule has 0 atom stereocenters. The van der Waals surface area contributed by atoms with Crippen LogP contribution in [0.4, 0.5) is 0 Å². The first-order chi connectivity index (χ1) is 9.56. The molecule has 0 N–H and O–H groups in total. The van der Waals surface area contributed by atoms with E-state index < -0.39 is 0 Å². The fourth-order valence-corrected chi connectivity index (χ4v) is 1.84. The zero-order valence-electron chi connectivity index (χ0n) is 13.0. The second kappa shape index (κ2) is 8.54. The van der Waals surface area contributed by atoms with Crippen molar-refractivity contribution in [1.82, 2.24) is 4.90 Å². The van der Waals surface area contributed by atoms with Gasteiger partial charge in [0.05, 0.1) is 0 Å². The number of carbonyl (C=O) groups is 1. The highest BCUT2D eigenvalue weighted by Crippen LogP contribution is 2.14. The molecule has 0 aromatic heterocycles. The topological polar surface area (TPSA) is 29.5 Å². The fraction of sp³-hybridized carbons (Fsp3) is 0.471. The number of hydrogen-bond acceptors (Lipinski definition) is 3. The van der Waals surface area contributed by atoms with Crippen molar-refractivity contribution in [2.75, 3.05) is 26.2 Å². The maximum atomic E-state index is 11.2. The van der Waals surface area contributed by atoms with E-state index in [1.165, 1.54) is 0 Å². The van der Waals surface area contributed by atoms with E-state index in [2.05, 4.69) is 18.7 Å². The summed E-state index contributed by atoms with van der Waals surface area (Å²) in [7, 11) is 0. The standard InChI is InChI=1S/C17H25NO2/c1-5-18(6-2)11-12-20-17-9-7-16(8-10-17)13-14(3)15(4)19/h7-10,13H,5-6,11-12H2,1-4H3/b14-13+. The molecular formula is C17H25NO2. The van der Waals surface area contributed by atoms with Gasteiger partial charge in [0.2, 0.25) is 0 Å². The number of hydrogen-bond donors (Lipinski definition) is 0. The second-order valence-corrected chi connectivity index (χ2v) is 4.83. The summed E-state index contributed by atoms with van der Waals surface area (Å²) in [6.45, 7) is 11.5. The van der Waals surface area contributed by atoms with Crippen LogP contribution in [0.25, 0.3) is 6.08 Å². The Bertz CT molecular complexity index is 445. The Morgan fingerprint density at radius 3 is 2.25 bits per heavy atom. The molecule has 0 unspecified atom stereocenters. The number of carbonyl (C=O) groups excluding carboxylic acids is 1. The molecule has 0 aliphatic heterocycles. The molecule has 110 valence electrons. The number of Topliss-reactive ketones (excluding diaryl/α,β-unsaturated/α-hetero) is 1. The van der Waals surface area contributed by atoms with Gasteiger partial charge in [-0.2, -0.15) is 0 Å². The van der Waals surface area contributed by atoms with Gasteiger partial charge in [0.1, 0.15) is 12.4 Å². The second-order valence-electron chi connectivity index (χ2n) is 4.83. The van der Waals surface area contributed by atoms with E-state index in [1.54, 1.807) is 6.92 Å². The summed E-state index contributed by atoms with van der Waals surface area (Å²) in [4.78, 5) is 13.5. The fourth-order valence-electron chi connectivity index (χ4n) is 1.84. The molecule has 0 saturated carbocycles. The zero-order chi connectivity index (χ0) is 15.0. The molecule has 0 fully saturated rings. The van der Waals surface area contributed by atoms with E-state index in [0.29, 0.717) is 6.61 Å². The molecule has 1 aromatic rings. The average molecular weight is 275 g/mol. The molecule has 1 rings (SSSR count). The van der Waals surface area contributed by atoms with Crippen LogP contribution in [-0.4, -0.2) is 36.9 Å². The number of benzene rings is 1. The van der Waals surface area contributed by atoms with Crippen LogP contribution < -0.4 is 4.74 Å². The molecule has 3 heteroatoms. The minimum atomic E-state index is 0.101. The van der Waals surface area contributed by atoms with E-state index in [1.807, 2.05) is 37.3 Å². The van der Waals surface area contributed by atoms with Gasteiger partial charge in [0.25, 0.3) is 0 Å². The van der Waals surface area contributed by atoms with Crippen molar-refractivity contribution in [3.05, 3.63) is 35.4 Å². The largest absolute Gasteiger partial charge is 0.492 e. The first kappa shape index (κ1) is 16.4. The van der Waals surface area contributed by atoms with Gasteiger partial charge < -0.3 is 9.64 Å². The van der Waals surface area contributed by atoms with Crippen LogP contribution in [0.1, 0.15) is 33.3 Å². The summed E-state index contributed by atoms with van der Waals surface area (Å²) in [6, 6.07) is 7.83. The number of allylic oxidation sites excluding steroid dienone is 1. The SMILES string of the molecule is CCN(CC)CCOc1ccc(/C=C(\C)C(C)=O)cc1. The van der Waals surface area contributed by atoms with Crippen molar-refractivity contribution < 1.29 is 9.53 Å². The van der Waals surface area contributed by atoms with E-state index in [9.17, 15) is 4.79 Å². The summed E-state index contributed by atoms with van der Waals surface area (Å²) in [6.07, 6.45) is 1.89. The van der Waals surface area contributed by atoms with Crippen LogP contribution in [0.2, 0.25) is 0 Å². The Morgan fingerprint density at radius 1 is 1.15 bits per heavy atom. The number of ketones is 1. The summed E-state index contributed by atoms with van der Waals surface area (Å²) < 4.78 is 5.72. The Labute approximate surface area is 122 Å². The average Bonchev–Trinajstić information content (AvgIpc) is 2.45. The van der Waals surface area contributed by atoms with Crippen LogP contribution in [0.3, 0.4) is 0 Å². The third-order valence-corrected chi connectivity index (χ3v) is 3.39. The van der Waals surface area contributed by atoms with Gasteiger partial charge in [-0.3, -0.25) is 4.79 Å². The van der Waals surface area contributed by atoms with Crippen LogP contribution in [0, 0.1) is 0 Å². The molecule has 3 nitrogen and oxygen atoms in total. The lowest BCUT2D eigenvalue weighted by molar-refractivity contribution is -0.113. The lowest BCUT2D eigenvalue weighted by Gasteiger charge is -2.18. The Hall–Kier alpha value is -1.61. The van der Waals surface area contributed by atoms with Crippen molar-refractivity contribution in [2.24, 2.45) is 0 Å². The highest BCUT2D eigenvalue weighted by molar-refractivity contribution is 5.97. The summed E-state index contributed by atoms with van der Waals surface area (Å²) in [5.74, 6) is 0.972. The molecule has 0 amide bonds. The van der Waals surface area contributed by atoms with E-state index >= 15 is 0 Å². The third kappa shape index (κ3) is 5.57. The smallest absolute Gasteiger partial charge is 0.155 e. The minimum Gasteiger partial charge on any atom is -0.492 e. The number of ether oxygens (including phenoxy) is 1. The Kier molecular flexibility index (Phi) is 7.02. The quantitative estimate of drug-likeness (QED) is 0.681. The van der Waals surface area contributed by atoms with Gasteiger partial charge in [0, 0.05) is 6.54 Å². The predicted octanol–water partition coefficient (Wildman–Crippen LogP) is 3.40. The highest BCUT2D eigenvalue weighted by Gasteiger charge is 2.00. The van der Waals surface area contributed by atoms with Crippen molar-refractivity contribution in [1.29, 1.82) is 0 Å². The Balaban J connectivity index is 2.51. The number of nitrogens with zero attached hydrogens (tertiary/aromatic N) is 1. The normalized spacial score (nSPS) is 11.8. The molecule has 0 heterocycles. The molecule has 1 aromatic carbocycles. The van der Waals surface area contributed by atoms with Crippen molar-refractivity contribution >= 4 is 11.9 Å². The molecule has 0 saturated heterocycles. The maximum Gasteiger partial charge on any atom is 0.155 e. The first-order valence-corrected chi connectivity index (χ1v) is 7.21. The van der Waals surface area contributed by atoms with Gasteiger partial charge in [-0.15, -0.1) is 0 Å². The van der Waals surface area contributed by atoms with Crippen molar-refractivity contribution in [2.45, 2.75) is 27.7 Å². The summed E-state index contributed by atoms with van der Waals surface area (Å²) >= 11 is 0. The monoisotopic (exact) mass is 275 g/mol. The van der Waals surface area contributed by atoms with E-state index in [-0.39, 0.29) is 5.78 Å². The summed E-state index contributed by atoms with van der Waals surface area (Å²) in [5.41, 5.74) is 1.79. The lowest BCUT2D eigenvalue weighted by atomic mass is 10.1. The number of rotatable bonds is 8. The van der Waals surface area contributed by atoms with Gasteiger partial charge in [-0.05, 0) is 56.3 Å². The highest BCUT2D eigenvalue weighted by atomic mass is 16.5. The van der Waals surface area contributed by atoms with Crippen molar-refractivity contribution in [3.63, 3.8) is 0 Å². The van der Waals surface area contributed by atoms with Gasteiger partial charge in [-0.25, -0.2) is 0 Å². The van der Waals surface area contributed by atoms with Gasteiger partial charge in [-0.1, -0.05) is 26.0 Å². The van der Waals surface area contributed by atoms with Crippen LogP contribution >= 0.6 is 0 Å². The van der Waals surface area contributed by atoms with Crippen LogP contribution in [0.15, 0.2) is 29.8 Å². The predicted molar refractivity (Wildman–Crippen MR) is 84.1 cm³/mol. The molecule has 0 radical (unpaired) electrons. The number of likely N-dealkylation sites (N-methyl/N-ethyl adjacent to an activating group) is 1. The van der Waals surface area contributed by atoms with E-state index in [0.717, 1.165) is 36.5 Å². The zero-order valence-corrected chi connectivity index (χ0v) is 13.0. The first-order valence-electron chi connectivity index (χ1n) is 7.21. The molecular weight excluding hydrogens is 250 g/mol. The molecule has 0 aliphatic carbocycles. The van der Waals surface area contributed by atoms with Crippen LogP contribution in [0.5, 0.6) is 5.75 Å². The van der Waals surface area contributed by atoms with Crippen LogP contribution in [-0.2, 0) is 4.79 Å². The third-order valence-electron chi connectivity index (χ3n) is 3.39. The molecule has 0 bridgehead atoms.